The van der Waals surface area contributed by atoms with Gasteiger partial charge in [0, 0.05) is 24.6 Å². The van der Waals surface area contributed by atoms with E-state index in [1.165, 1.54) is 17.1 Å². The highest BCUT2D eigenvalue weighted by atomic mass is 32.1. The number of nitrogens with one attached hydrogen (secondary N) is 1. The number of rotatable bonds is 7. The van der Waals surface area contributed by atoms with Crippen LogP contribution in [-0.2, 0) is 16.1 Å². The number of amides is 1. The fraction of sp³-hybridized carbons (Fsp3) is 0.222. The van der Waals surface area contributed by atoms with Gasteiger partial charge in [-0.1, -0.05) is 30.3 Å². The SMILES string of the molecule is COCCNC(=O)Cn1c(-c2ccccc2)nc2scc(C(=O)O)c2c1=O. The maximum absolute atomic E-state index is 13.0. The van der Waals surface area contributed by atoms with Gasteiger partial charge in [-0.3, -0.25) is 14.2 Å². The molecular weight excluding hydrogens is 370 g/mol. The second kappa shape index (κ2) is 8.11. The number of hydrogen-bond acceptors (Lipinski definition) is 6. The molecule has 0 radical (unpaired) electrons. The van der Waals surface area contributed by atoms with Crippen LogP contribution in [0.1, 0.15) is 10.4 Å². The van der Waals surface area contributed by atoms with Gasteiger partial charge in [-0.2, -0.15) is 0 Å². The quantitative estimate of drug-likeness (QED) is 0.596. The first-order valence-electron chi connectivity index (χ1n) is 8.09. The van der Waals surface area contributed by atoms with Crippen LogP contribution in [-0.4, -0.2) is 46.8 Å². The number of nitrogens with zero attached hydrogens (tertiary/aromatic N) is 2. The summed E-state index contributed by atoms with van der Waals surface area (Å²) in [4.78, 5) is 41.5. The molecule has 140 valence electrons. The van der Waals surface area contributed by atoms with Crippen molar-refractivity contribution in [3.05, 3.63) is 51.6 Å². The number of methoxy groups -OCH3 is 1. The Labute approximate surface area is 158 Å². The molecule has 2 aromatic heterocycles. The molecule has 2 N–H and O–H groups in total. The molecule has 3 aromatic rings. The molecule has 8 nitrogen and oxygen atoms in total. The van der Waals surface area contributed by atoms with E-state index in [-0.39, 0.29) is 23.4 Å². The summed E-state index contributed by atoms with van der Waals surface area (Å²) >= 11 is 1.09. The second-order valence-electron chi connectivity index (χ2n) is 5.67. The fourth-order valence-corrected chi connectivity index (χ4v) is 3.53. The Morgan fingerprint density at radius 3 is 2.70 bits per heavy atom. The number of fused-ring (bicyclic) bond motifs is 1. The number of carbonyl (C=O) groups excluding carboxylic acids is 1. The predicted octanol–water partition coefficient (Wildman–Crippen LogP) is 1.59. The molecule has 0 unspecified atom stereocenters. The number of thiophene rings is 1. The van der Waals surface area contributed by atoms with Gasteiger partial charge in [-0.15, -0.1) is 11.3 Å². The molecule has 1 amide bonds. The summed E-state index contributed by atoms with van der Waals surface area (Å²) < 4.78 is 6.10. The molecule has 9 heteroatoms. The third-order valence-electron chi connectivity index (χ3n) is 3.89. The van der Waals surface area contributed by atoms with E-state index in [9.17, 15) is 19.5 Å². The Bertz CT molecular complexity index is 1040. The van der Waals surface area contributed by atoms with Gasteiger partial charge < -0.3 is 15.2 Å². The minimum Gasteiger partial charge on any atom is -0.478 e. The second-order valence-corrected chi connectivity index (χ2v) is 6.53. The van der Waals surface area contributed by atoms with Gasteiger partial charge in [-0.25, -0.2) is 9.78 Å². The Morgan fingerprint density at radius 2 is 2.04 bits per heavy atom. The monoisotopic (exact) mass is 387 g/mol. The molecule has 0 aliphatic rings. The summed E-state index contributed by atoms with van der Waals surface area (Å²) in [6.07, 6.45) is 0. The van der Waals surface area contributed by atoms with Crippen LogP contribution in [0.15, 0.2) is 40.5 Å². The molecule has 0 saturated heterocycles. The summed E-state index contributed by atoms with van der Waals surface area (Å²) in [7, 11) is 1.52. The Balaban J connectivity index is 2.13. The highest BCUT2D eigenvalue weighted by molar-refractivity contribution is 7.17. The first-order chi connectivity index (χ1) is 13.0. The minimum atomic E-state index is -1.20. The standard InChI is InChI=1S/C18H17N3O5S/c1-26-8-7-19-13(22)9-21-15(11-5-3-2-4-6-11)20-16-14(17(21)23)12(10-27-16)18(24)25/h2-6,10H,7-9H2,1H3,(H,19,22)(H,24,25). The lowest BCUT2D eigenvalue weighted by Gasteiger charge is -2.13. The maximum Gasteiger partial charge on any atom is 0.337 e. The highest BCUT2D eigenvalue weighted by Crippen LogP contribution is 2.25. The van der Waals surface area contributed by atoms with Crippen molar-refractivity contribution in [3.8, 4) is 11.4 Å². The van der Waals surface area contributed by atoms with E-state index in [0.29, 0.717) is 29.4 Å². The van der Waals surface area contributed by atoms with Crippen molar-refractivity contribution in [2.45, 2.75) is 6.54 Å². The van der Waals surface area contributed by atoms with Crippen molar-refractivity contribution >= 4 is 33.4 Å². The molecule has 0 saturated carbocycles. The molecule has 0 aliphatic carbocycles. The summed E-state index contributed by atoms with van der Waals surface area (Å²) in [6, 6.07) is 8.98. The van der Waals surface area contributed by atoms with Crippen molar-refractivity contribution in [2.75, 3.05) is 20.3 Å². The molecule has 27 heavy (non-hydrogen) atoms. The van der Waals surface area contributed by atoms with Crippen LogP contribution in [0.5, 0.6) is 0 Å². The van der Waals surface area contributed by atoms with Gasteiger partial charge in [0.25, 0.3) is 5.56 Å². The minimum absolute atomic E-state index is 0.0110. The van der Waals surface area contributed by atoms with E-state index < -0.39 is 11.5 Å². The van der Waals surface area contributed by atoms with Crippen LogP contribution in [0.4, 0.5) is 0 Å². The van der Waals surface area contributed by atoms with Crippen molar-refractivity contribution in [1.29, 1.82) is 0 Å². The van der Waals surface area contributed by atoms with Gasteiger partial charge in [-0.05, 0) is 0 Å². The maximum atomic E-state index is 13.0. The highest BCUT2D eigenvalue weighted by Gasteiger charge is 2.21. The number of carbonyl (C=O) groups is 2. The van der Waals surface area contributed by atoms with E-state index in [1.807, 2.05) is 6.07 Å². The Kier molecular flexibility index (Phi) is 5.63. The number of carboxylic acids is 1. The molecule has 0 spiro atoms. The Hall–Kier alpha value is -3.04. The third-order valence-corrected chi connectivity index (χ3v) is 4.76. The average molecular weight is 387 g/mol. The lowest BCUT2D eigenvalue weighted by molar-refractivity contribution is -0.121. The van der Waals surface area contributed by atoms with E-state index in [1.54, 1.807) is 24.3 Å². The van der Waals surface area contributed by atoms with Gasteiger partial charge in [0.05, 0.1) is 17.6 Å². The normalized spacial score (nSPS) is 10.9. The van der Waals surface area contributed by atoms with Crippen LogP contribution in [0.2, 0.25) is 0 Å². The largest absolute Gasteiger partial charge is 0.478 e. The van der Waals surface area contributed by atoms with Crippen molar-refractivity contribution in [3.63, 3.8) is 0 Å². The molecule has 1 aromatic carbocycles. The number of aromatic carboxylic acids is 1. The summed E-state index contributed by atoms with van der Waals surface area (Å²) in [5, 5.41) is 13.4. The summed E-state index contributed by atoms with van der Waals surface area (Å²) in [5.41, 5.74) is -0.00786. The van der Waals surface area contributed by atoms with Crippen LogP contribution < -0.4 is 10.9 Å². The van der Waals surface area contributed by atoms with E-state index >= 15 is 0 Å². The molecule has 0 aliphatic heterocycles. The van der Waals surface area contributed by atoms with Crippen molar-refractivity contribution in [1.82, 2.24) is 14.9 Å². The van der Waals surface area contributed by atoms with E-state index in [4.69, 9.17) is 4.74 Å². The molecule has 0 atom stereocenters. The Morgan fingerprint density at radius 1 is 1.30 bits per heavy atom. The van der Waals surface area contributed by atoms with E-state index in [2.05, 4.69) is 10.3 Å². The molecule has 3 rings (SSSR count). The summed E-state index contributed by atoms with van der Waals surface area (Å²) in [5.74, 6) is -1.28. The molecule has 0 fully saturated rings. The number of benzene rings is 1. The topological polar surface area (TPSA) is 111 Å². The number of aromatic nitrogens is 2. The lowest BCUT2D eigenvalue weighted by Crippen LogP contribution is -2.35. The van der Waals surface area contributed by atoms with Crippen LogP contribution in [0.3, 0.4) is 0 Å². The number of carboxylic acid groups (broad SMARTS) is 1. The fourth-order valence-electron chi connectivity index (χ4n) is 2.63. The number of hydrogen-bond donors (Lipinski definition) is 2. The predicted molar refractivity (Wildman–Crippen MR) is 101 cm³/mol. The lowest BCUT2D eigenvalue weighted by atomic mass is 10.2. The van der Waals surface area contributed by atoms with Gasteiger partial charge in [0.1, 0.15) is 17.2 Å². The summed E-state index contributed by atoms with van der Waals surface area (Å²) in [6.45, 7) is 0.376. The van der Waals surface area contributed by atoms with Gasteiger partial charge in [0.15, 0.2) is 0 Å². The zero-order chi connectivity index (χ0) is 19.4. The number of ether oxygens (including phenoxy) is 1. The molecule has 2 heterocycles. The molecule has 0 bridgehead atoms. The molecular formula is C18H17N3O5S. The zero-order valence-electron chi connectivity index (χ0n) is 14.5. The smallest absolute Gasteiger partial charge is 0.337 e. The van der Waals surface area contributed by atoms with Crippen molar-refractivity contribution in [2.24, 2.45) is 0 Å². The van der Waals surface area contributed by atoms with Crippen LogP contribution >= 0.6 is 11.3 Å². The first kappa shape index (κ1) is 18.7. The van der Waals surface area contributed by atoms with E-state index in [0.717, 1.165) is 11.3 Å². The average Bonchev–Trinajstić information content (AvgIpc) is 3.09. The van der Waals surface area contributed by atoms with Crippen LogP contribution in [0.25, 0.3) is 21.6 Å². The van der Waals surface area contributed by atoms with Gasteiger partial charge >= 0.3 is 5.97 Å². The van der Waals surface area contributed by atoms with Gasteiger partial charge in [0.2, 0.25) is 5.91 Å². The zero-order valence-corrected chi connectivity index (χ0v) is 15.3. The first-order valence-corrected chi connectivity index (χ1v) is 8.97. The van der Waals surface area contributed by atoms with Crippen molar-refractivity contribution < 1.29 is 19.4 Å². The van der Waals surface area contributed by atoms with Crippen LogP contribution in [0, 0.1) is 0 Å². The third kappa shape index (κ3) is 3.88.